The highest BCUT2D eigenvalue weighted by molar-refractivity contribution is 5.81. The molecule has 0 bridgehead atoms. The van der Waals surface area contributed by atoms with E-state index in [0.717, 1.165) is 11.1 Å². The Bertz CT molecular complexity index is 1120. The number of benzene rings is 3. The molecule has 0 aliphatic carbocycles. The highest BCUT2D eigenvalue weighted by Crippen LogP contribution is 2.26. The van der Waals surface area contributed by atoms with E-state index < -0.39 is 30.6 Å². The number of esters is 1. The summed E-state index contributed by atoms with van der Waals surface area (Å²) >= 11 is 0. The van der Waals surface area contributed by atoms with Gasteiger partial charge in [-0.05, 0) is 42.3 Å². The molecule has 4 N–H and O–H groups in total. The number of urea groups is 1. The quantitative estimate of drug-likeness (QED) is 0.397. The van der Waals surface area contributed by atoms with E-state index in [0.29, 0.717) is 23.6 Å². The highest BCUT2D eigenvalue weighted by Gasteiger charge is 2.20. The second-order valence-electron chi connectivity index (χ2n) is 7.68. The molecule has 3 aromatic rings. The third-order valence-corrected chi connectivity index (χ3v) is 4.90. The molecule has 0 fully saturated rings. The van der Waals surface area contributed by atoms with Crippen LogP contribution in [0.3, 0.4) is 0 Å². The van der Waals surface area contributed by atoms with Crippen LogP contribution in [-0.2, 0) is 20.9 Å². The second kappa shape index (κ2) is 12.1. The van der Waals surface area contributed by atoms with Crippen LogP contribution >= 0.6 is 0 Å². The molecule has 1 unspecified atom stereocenters. The first kappa shape index (κ1) is 24.3. The van der Waals surface area contributed by atoms with Crippen molar-refractivity contribution in [2.24, 2.45) is 5.73 Å². The Hall–Kier alpha value is -4.33. The standard InChI is InChI=1S/C26H27N3O5/c1-18-10-12-19(13-11-18)16-28-24(30)17-33-25(31)15-23(29-26(27)32)20-6-5-9-22(14-20)34-21-7-3-2-4-8-21/h2-14,23H,15-17H2,1H3,(H,28,30)(H3,27,29,32). The number of aryl methyl sites for hydroxylation is 1. The first-order valence-corrected chi connectivity index (χ1v) is 10.8. The van der Waals surface area contributed by atoms with Crippen molar-refractivity contribution in [1.29, 1.82) is 0 Å². The van der Waals surface area contributed by atoms with Gasteiger partial charge in [-0.2, -0.15) is 0 Å². The fourth-order valence-corrected chi connectivity index (χ4v) is 3.17. The van der Waals surface area contributed by atoms with E-state index in [9.17, 15) is 14.4 Å². The van der Waals surface area contributed by atoms with Crippen LogP contribution in [0.15, 0.2) is 78.9 Å². The van der Waals surface area contributed by atoms with E-state index >= 15 is 0 Å². The Balaban J connectivity index is 1.55. The smallest absolute Gasteiger partial charge is 0.312 e. The summed E-state index contributed by atoms with van der Waals surface area (Å²) < 4.78 is 10.9. The minimum absolute atomic E-state index is 0.205. The first-order chi connectivity index (χ1) is 16.4. The van der Waals surface area contributed by atoms with Crippen LogP contribution in [0.1, 0.15) is 29.2 Å². The minimum Gasteiger partial charge on any atom is -0.457 e. The largest absolute Gasteiger partial charge is 0.457 e. The van der Waals surface area contributed by atoms with Crippen molar-refractivity contribution in [2.45, 2.75) is 25.9 Å². The summed E-state index contributed by atoms with van der Waals surface area (Å²) in [6, 6.07) is 22.3. The van der Waals surface area contributed by atoms with Gasteiger partial charge in [0.2, 0.25) is 0 Å². The van der Waals surface area contributed by atoms with Crippen molar-refractivity contribution in [3.8, 4) is 11.5 Å². The number of carbonyl (C=O) groups is 3. The zero-order chi connectivity index (χ0) is 24.3. The lowest BCUT2D eigenvalue weighted by Gasteiger charge is -2.18. The molecule has 0 radical (unpaired) electrons. The predicted octanol–water partition coefficient (Wildman–Crippen LogP) is 3.75. The van der Waals surface area contributed by atoms with Gasteiger partial charge in [-0.15, -0.1) is 0 Å². The van der Waals surface area contributed by atoms with Crippen LogP contribution in [0.25, 0.3) is 0 Å². The summed E-state index contributed by atoms with van der Waals surface area (Å²) in [5.41, 5.74) is 7.97. The molecule has 3 rings (SSSR count). The minimum atomic E-state index is -0.789. The first-order valence-electron chi connectivity index (χ1n) is 10.8. The molecule has 3 amide bonds. The van der Waals surface area contributed by atoms with E-state index in [1.54, 1.807) is 24.3 Å². The van der Waals surface area contributed by atoms with E-state index in [-0.39, 0.29) is 6.42 Å². The maximum atomic E-state index is 12.4. The third kappa shape index (κ3) is 7.98. The Morgan fingerprint density at radius 1 is 0.912 bits per heavy atom. The Kier molecular flexibility index (Phi) is 8.62. The van der Waals surface area contributed by atoms with Crippen LogP contribution in [-0.4, -0.2) is 24.5 Å². The molecule has 0 aliphatic rings. The van der Waals surface area contributed by atoms with Crippen LogP contribution < -0.4 is 21.1 Å². The summed E-state index contributed by atoms with van der Waals surface area (Å²) in [5, 5.41) is 5.24. The Morgan fingerprint density at radius 3 is 2.32 bits per heavy atom. The molecular formula is C26H27N3O5. The molecule has 8 nitrogen and oxygen atoms in total. The molecule has 0 aliphatic heterocycles. The lowest BCUT2D eigenvalue weighted by atomic mass is 10.0. The van der Waals surface area contributed by atoms with Crippen molar-refractivity contribution in [2.75, 3.05) is 6.61 Å². The molecule has 3 aromatic carbocycles. The lowest BCUT2D eigenvalue weighted by Crippen LogP contribution is -2.35. The third-order valence-electron chi connectivity index (χ3n) is 4.90. The van der Waals surface area contributed by atoms with Crippen molar-refractivity contribution >= 4 is 17.9 Å². The number of rotatable bonds is 10. The Labute approximate surface area is 198 Å². The van der Waals surface area contributed by atoms with Gasteiger partial charge in [0.05, 0.1) is 12.5 Å². The molecule has 176 valence electrons. The van der Waals surface area contributed by atoms with Crippen LogP contribution in [0.2, 0.25) is 0 Å². The maximum Gasteiger partial charge on any atom is 0.312 e. The highest BCUT2D eigenvalue weighted by atomic mass is 16.5. The van der Waals surface area contributed by atoms with Gasteiger partial charge in [0.1, 0.15) is 11.5 Å². The summed E-state index contributed by atoms with van der Waals surface area (Å²) in [4.78, 5) is 35.9. The number of amides is 3. The average Bonchev–Trinajstić information content (AvgIpc) is 2.82. The summed E-state index contributed by atoms with van der Waals surface area (Å²) in [5.74, 6) is 0.101. The monoisotopic (exact) mass is 461 g/mol. The van der Waals surface area contributed by atoms with Crippen molar-refractivity contribution in [1.82, 2.24) is 10.6 Å². The van der Waals surface area contributed by atoms with Crippen LogP contribution in [0, 0.1) is 6.92 Å². The molecule has 1 atom stereocenters. The topological polar surface area (TPSA) is 120 Å². The zero-order valence-electron chi connectivity index (χ0n) is 18.8. The van der Waals surface area contributed by atoms with Gasteiger partial charge in [0, 0.05) is 6.54 Å². The van der Waals surface area contributed by atoms with E-state index in [1.807, 2.05) is 61.5 Å². The maximum absolute atomic E-state index is 12.4. The van der Waals surface area contributed by atoms with E-state index in [2.05, 4.69) is 10.6 Å². The molecule has 8 heteroatoms. The number of primary amides is 1. The van der Waals surface area contributed by atoms with E-state index in [4.69, 9.17) is 15.2 Å². The number of carbonyl (C=O) groups excluding carboxylic acids is 3. The number of hydrogen-bond donors (Lipinski definition) is 3. The average molecular weight is 462 g/mol. The van der Waals surface area contributed by atoms with Crippen molar-refractivity contribution in [3.63, 3.8) is 0 Å². The normalized spacial score (nSPS) is 11.2. The van der Waals surface area contributed by atoms with Gasteiger partial charge in [-0.3, -0.25) is 9.59 Å². The lowest BCUT2D eigenvalue weighted by molar-refractivity contribution is -0.149. The molecule has 0 saturated heterocycles. The molecule has 0 saturated carbocycles. The van der Waals surface area contributed by atoms with Gasteiger partial charge in [-0.25, -0.2) is 4.79 Å². The van der Waals surface area contributed by atoms with Gasteiger partial charge in [-0.1, -0.05) is 60.2 Å². The van der Waals surface area contributed by atoms with Gasteiger partial charge >= 0.3 is 12.0 Å². The van der Waals surface area contributed by atoms with E-state index in [1.165, 1.54) is 0 Å². The van der Waals surface area contributed by atoms with Crippen molar-refractivity contribution in [3.05, 3.63) is 95.6 Å². The van der Waals surface area contributed by atoms with Crippen LogP contribution in [0.5, 0.6) is 11.5 Å². The number of hydrogen-bond acceptors (Lipinski definition) is 5. The number of nitrogens with one attached hydrogen (secondary N) is 2. The number of para-hydroxylation sites is 1. The fourth-order valence-electron chi connectivity index (χ4n) is 3.17. The van der Waals surface area contributed by atoms with Gasteiger partial charge < -0.3 is 25.8 Å². The SMILES string of the molecule is Cc1ccc(CNC(=O)COC(=O)CC(NC(N)=O)c2cccc(Oc3ccccc3)c2)cc1. The van der Waals surface area contributed by atoms with Crippen LogP contribution in [0.4, 0.5) is 4.79 Å². The number of nitrogens with two attached hydrogens (primary N) is 1. The zero-order valence-corrected chi connectivity index (χ0v) is 18.8. The molecular weight excluding hydrogens is 434 g/mol. The van der Waals surface area contributed by atoms with Gasteiger partial charge in [0.15, 0.2) is 6.61 Å². The molecule has 0 heterocycles. The number of ether oxygens (including phenoxy) is 2. The van der Waals surface area contributed by atoms with Gasteiger partial charge in [0.25, 0.3) is 5.91 Å². The fraction of sp³-hybridized carbons (Fsp3) is 0.192. The molecule has 0 aromatic heterocycles. The summed E-state index contributed by atoms with van der Waals surface area (Å²) in [6.07, 6.45) is -0.205. The summed E-state index contributed by atoms with van der Waals surface area (Å²) in [6.45, 7) is 1.89. The predicted molar refractivity (Wildman–Crippen MR) is 127 cm³/mol. The summed E-state index contributed by atoms with van der Waals surface area (Å²) in [7, 11) is 0. The van der Waals surface area contributed by atoms with Crippen molar-refractivity contribution < 1.29 is 23.9 Å². The molecule has 0 spiro atoms. The second-order valence-corrected chi connectivity index (χ2v) is 7.68. The molecule has 34 heavy (non-hydrogen) atoms. The Morgan fingerprint density at radius 2 is 1.62 bits per heavy atom.